The summed E-state index contributed by atoms with van der Waals surface area (Å²) in [5, 5.41) is 11.9. The van der Waals surface area contributed by atoms with E-state index in [4.69, 9.17) is 5.11 Å². The van der Waals surface area contributed by atoms with Crippen LogP contribution in [0.4, 0.5) is 5.69 Å². The number of hydrogen-bond donors (Lipinski definition) is 2. The molecule has 0 radical (unpaired) electrons. The summed E-state index contributed by atoms with van der Waals surface area (Å²) in [6, 6.07) is 9.69. The van der Waals surface area contributed by atoms with E-state index >= 15 is 0 Å². The molecule has 0 amide bonds. The summed E-state index contributed by atoms with van der Waals surface area (Å²) in [6.45, 7) is 2.27. The predicted octanol–water partition coefficient (Wildman–Crippen LogP) is 1.29. The summed E-state index contributed by atoms with van der Waals surface area (Å²) in [4.78, 5) is 24.9. The van der Waals surface area contributed by atoms with Crippen LogP contribution in [0.25, 0.3) is 0 Å². The molecule has 2 N–H and O–H groups in total. The van der Waals surface area contributed by atoms with Crippen molar-refractivity contribution in [3.8, 4) is 0 Å². The second-order valence-electron chi connectivity index (χ2n) is 4.96. The van der Waals surface area contributed by atoms with E-state index < -0.39 is 5.97 Å². The van der Waals surface area contributed by atoms with Gasteiger partial charge in [0.25, 0.3) is 0 Å². The Balaban J connectivity index is 2.00. The van der Waals surface area contributed by atoms with Crippen LogP contribution in [0, 0.1) is 0 Å². The molecule has 1 aromatic carbocycles. The van der Waals surface area contributed by atoms with Gasteiger partial charge >= 0.3 is 5.97 Å². The first-order chi connectivity index (χ1) is 9.68. The van der Waals surface area contributed by atoms with Crippen LogP contribution in [-0.2, 0) is 9.59 Å². The van der Waals surface area contributed by atoms with Gasteiger partial charge < -0.3 is 15.3 Å². The fourth-order valence-electron chi connectivity index (χ4n) is 2.50. The molecule has 0 aliphatic carbocycles. The summed E-state index contributed by atoms with van der Waals surface area (Å²) in [5.74, 6) is -0.734. The number of hydrogen-bond acceptors (Lipinski definition) is 4. The third-order valence-electron chi connectivity index (χ3n) is 3.52. The minimum Gasteiger partial charge on any atom is -0.481 e. The van der Waals surface area contributed by atoms with Crippen LogP contribution in [-0.4, -0.2) is 42.5 Å². The SMILES string of the molecule is O=C(O)CCCC(=O)C1CNCCN1c1ccccc1. The van der Waals surface area contributed by atoms with Crippen LogP contribution in [0.15, 0.2) is 30.3 Å². The lowest BCUT2D eigenvalue weighted by atomic mass is 10.0. The first-order valence-corrected chi connectivity index (χ1v) is 6.95. The first kappa shape index (κ1) is 14.5. The number of Topliss-reactive ketones (excluding diaryl/α,β-unsaturated/α-hetero) is 1. The number of carbonyl (C=O) groups is 2. The van der Waals surface area contributed by atoms with Crippen molar-refractivity contribution >= 4 is 17.4 Å². The van der Waals surface area contributed by atoms with E-state index in [0.717, 1.165) is 18.8 Å². The number of rotatable bonds is 6. The van der Waals surface area contributed by atoms with Gasteiger partial charge in [0.2, 0.25) is 0 Å². The van der Waals surface area contributed by atoms with Crippen LogP contribution in [0.1, 0.15) is 19.3 Å². The predicted molar refractivity (Wildman–Crippen MR) is 76.9 cm³/mol. The van der Waals surface area contributed by atoms with E-state index in [-0.39, 0.29) is 18.2 Å². The van der Waals surface area contributed by atoms with Crippen LogP contribution in [0.5, 0.6) is 0 Å². The summed E-state index contributed by atoms with van der Waals surface area (Å²) in [6.07, 6.45) is 0.784. The first-order valence-electron chi connectivity index (χ1n) is 6.95. The quantitative estimate of drug-likeness (QED) is 0.819. The Hall–Kier alpha value is -1.88. The molecular formula is C15H20N2O3. The fraction of sp³-hybridized carbons (Fsp3) is 0.467. The Morgan fingerprint density at radius 2 is 2.00 bits per heavy atom. The molecule has 1 fully saturated rings. The van der Waals surface area contributed by atoms with Crippen molar-refractivity contribution in [3.63, 3.8) is 0 Å². The van der Waals surface area contributed by atoms with Gasteiger partial charge in [0, 0.05) is 38.2 Å². The van der Waals surface area contributed by atoms with Gasteiger partial charge in [-0.25, -0.2) is 0 Å². The van der Waals surface area contributed by atoms with Gasteiger partial charge in [-0.3, -0.25) is 9.59 Å². The lowest BCUT2D eigenvalue weighted by Crippen LogP contribution is -2.55. The van der Waals surface area contributed by atoms with Crippen LogP contribution in [0.2, 0.25) is 0 Å². The molecular weight excluding hydrogens is 256 g/mol. The van der Waals surface area contributed by atoms with Crippen LogP contribution >= 0.6 is 0 Å². The van der Waals surface area contributed by atoms with Gasteiger partial charge in [-0.15, -0.1) is 0 Å². The highest BCUT2D eigenvalue weighted by molar-refractivity contribution is 5.88. The summed E-state index contributed by atoms with van der Waals surface area (Å²) in [7, 11) is 0. The average molecular weight is 276 g/mol. The zero-order valence-electron chi connectivity index (χ0n) is 11.4. The van der Waals surface area contributed by atoms with Crippen molar-refractivity contribution in [1.82, 2.24) is 5.32 Å². The van der Waals surface area contributed by atoms with E-state index in [1.807, 2.05) is 30.3 Å². The Morgan fingerprint density at radius 3 is 2.70 bits per heavy atom. The highest BCUT2D eigenvalue weighted by atomic mass is 16.4. The molecule has 0 spiro atoms. The van der Waals surface area contributed by atoms with E-state index in [0.29, 0.717) is 19.4 Å². The molecule has 1 heterocycles. The van der Waals surface area contributed by atoms with Crippen molar-refractivity contribution < 1.29 is 14.7 Å². The number of piperazine rings is 1. The van der Waals surface area contributed by atoms with Gasteiger partial charge in [0.05, 0.1) is 0 Å². The maximum atomic E-state index is 12.3. The summed E-state index contributed by atoms with van der Waals surface area (Å²) >= 11 is 0. The molecule has 1 saturated heterocycles. The molecule has 1 aromatic rings. The van der Waals surface area contributed by atoms with Crippen molar-refractivity contribution in [2.24, 2.45) is 0 Å². The number of aliphatic carboxylic acids is 1. The molecule has 1 atom stereocenters. The van der Waals surface area contributed by atoms with Gasteiger partial charge in [0.1, 0.15) is 6.04 Å². The monoisotopic (exact) mass is 276 g/mol. The molecule has 108 valence electrons. The molecule has 1 unspecified atom stereocenters. The van der Waals surface area contributed by atoms with E-state index in [2.05, 4.69) is 10.2 Å². The Labute approximate surface area is 118 Å². The maximum absolute atomic E-state index is 12.3. The van der Waals surface area contributed by atoms with E-state index in [1.165, 1.54) is 0 Å². The highest BCUT2D eigenvalue weighted by Crippen LogP contribution is 2.19. The standard InChI is InChI=1S/C15H20N2O3/c18-14(7-4-8-15(19)20)13-11-16-9-10-17(13)12-5-2-1-3-6-12/h1-3,5-6,13,16H,4,7-11H2,(H,19,20). The molecule has 0 aromatic heterocycles. The van der Waals surface area contributed by atoms with Crippen molar-refractivity contribution in [2.75, 3.05) is 24.5 Å². The molecule has 20 heavy (non-hydrogen) atoms. The molecule has 0 saturated carbocycles. The van der Waals surface area contributed by atoms with E-state index in [1.54, 1.807) is 0 Å². The fourth-order valence-corrected chi connectivity index (χ4v) is 2.50. The third-order valence-corrected chi connectivity index (χ3v) is 3.52. The third kappa shape index (κ3) is 3.81. The van der Waals surface area contributed by atoms with E-state index in [9.17, 15) is 9.59 Å². The zero-order valence-corrected chi connectivity index (χ0v) is 11.4. The van der Waals surface area contributed by atoms with Crippen molar-refractivity contribution in [2.45, 2.75) is 25.3 Å². The number of ketones is 1. The minimum absolute atomic E-state index is 0.0528. The summed E-state index contributed by atoms with van der Waals surface area (Å²) in [5.41, 5.74) is 1.05. The summed E-state index contributed by atoms with van der Waals surface area (Å²) < 4.78 is 0. The van der Waals surface area contributed by atoms with Gasteiger partial charge in [-0.1, -0.05) is 18.2 Å². The minimum atomic E-state index is -0.848. The highest BCUT2D eigenvalue weighted by Gasteiger charge is 2.28. The van der Waals surface area contributed by atoms with Gasteiger partial charge in [-0.05, 0) is 18.6 Å². The maximum Gasteiger partial charge on any atom is 0.303 e. The van der Waals surface area contributed by atoms with Crippen LogP contribution < -0.4 is 10.2 Å². The van der Waals surface area contributed by atoms with Crippen LogP contribution in [0.3, 0.4) is 0 Å². The zero-order chi connectivity index (χ0) is 14.4. The number of nitrogens with one attached hydrogen (secondary N) is 1. The largest absolute Gasteiger partial charge is 0.481 e. The van der Waals surface area contributed by atoms with Crippen molar-refractivity contribution in [3.05, 3.63) is 30.3 Å². The Morgan fingerprint density at radius 1 is 1.25 bits per heavy atom. The van der Waals surface area contributed by atoms with Gasteiger partial charge in [0.15, 0.2) is 5.78 Å². The molecule has 5 nitrogen and oxygen atoms in total. The Kier molecular flexibility index (Phi) is 5.12. The second kappa shape index (κ2) is 7.05. The number of carboxylic acid groups (broad SMARTS) is 1. The average Bonchev–Trinajstić information content (AvgIpc) is 2.47. The number of benzene rings is 1. The molecule has 0 bridgehead atoms. The number of carbonyl (C=O) groups excluding carboxylic acids is 1. The number of para-hydroxylation sites is 1. The molecule has 1 aliphatic heterocycles. The number of anilines is 1. The Bertz CT molecular complexity index is 461. The molecule has 1 aliphatic rings. The normalized spacial score (nSPS) is 18.8. The number of nitrogens with zero attached hydrogens (tertiary/aromatic N) is 1. The lowest BCUT2D eigenvalue weighted by molar-refractivity contribution is -0.137. The van der Waals surface area contributed by atoms with Crippen molar-refractivity contribution in [1.29, 1.82) is 0 Å². The molecule has 2 rings (SSSR count). The topological polar surface area (TPSA) is 69.6 Å². The molecule has 5 heteroatoms. The number of carboxylic acids is 1. The second-order valence-corrected chi connectivity index (χ2v) is 4.96. The van der Waals surface area contributed by atoms with Gasteiger partial charge in [-0.2, -0.15) is 0 Å². The smallest absolute Gasteiger partial charge is 0.303 e. The lowest BCUT2D eigenvalue weighted by Gasteiger charge is -2.37.